The van der Waals surface area contributed by atoms with E-state index in [-0.39, 0.29) is 17.6 Å². The van der Waals surface area contributed by atoms with E-state index in [9.17, 15) is 4.79 Å². The number of hydrogen-bond acceptors (Lipinski definition) is 3. The zero-order chi connectivity index (χ0) is 13.5. The van der Waals surface area contributed by atoms with Gasteiger partial charge in [0, 0.05) is 13.6 Å². The molecule has 0 aliphatic rings. The SMILES string of the molecule is CCN(C)C(=O)Nc1ccccc1OCC(N)=S. The molecule has 0 saturated heterocycles. The number of benzene rings is 1. The van der Waals surface area contributed by atoms with E-state index in [2.05, 4.69) is 5.32 Å². The van der Waals surface area contributed by atoms with Crippen molar-refractivity contribution in [3.05, 3.63) is 24.3 Å². The minimum absolute atomic E-state index is 0.145. The third-order valence-corrected chi connectivity index (χ3v) is 2.44. The highest BCUT2D eigenvalue weighted by molar-refractivity contribution is 7.80. The minimum atomic E-state index is -0.191. The summed E-state index contributed by atoms with van der Waals surface area (Å²) >= 11 is 4.74. The fourth-order valence-corrected chi connectivity index (χ4v) is 1.26. The van der Waals surface area contributed by atoms with Crippen molar-refractivity contribution >= 4 is 28.9 Å². The highest BCUT2D eigenvalue weighted by Crippen LogP contribution is 2.23. The van der Waals surface area contributed by atoms with Gasteiger partial charge in [0.15, 0.2) is 0 Å². The Hall–Kier alpha value is -1.82. The maximum absolute atomic E-state index is 11.7. The van der Waals surface area contributed by atoms with Crippen LogP contribution in [0.25, 0.3) is 0 Å². The molecular weight excluding hydrogens is 250 g/mol. The van der Waals surface area contributed by atoms with Crippen molar-refractivity contribution in [1.29, 1.82) is 0 Å². The lowest BCUT2D eigenvalue weighted by atomic mass is 10.3. The number of ether oxygens (including phenoxy) is 1. The molecule has 5 nitrogen and oxygen atoms in total. The van der Waals surface area contributed by atoms with Crippen LogP contribution in [-0.4, -0.2) is 36.1 Å². The number of hydrogen-bond donors (Lipinski definition) is 2. The zero-order valence-corrected chi connectivity index (χ0v) is 11.3. The fraction of sp³-hybridized carbons (Fsp3) is 0.333. The molecule has 6 heteroatoms. The van der Waals surface area contributed by atoms with Crippen LogP contribution in [0.3, 0.4) is 0 Å². The van der Waals surface area contributed by atoms with Gasteiger partial charge in [-0.1, -0.05) is 24.4 Å². The number of thiocarbonyl (C=S) groups is 1. The Labute approximate surface area is 112 Å². The lowest BCUT2D eigenvalue weighted by Crippen LogP contribution is -2.31. The van der Waals surface area contributed by atoms with Crippen LogP contribution < -0.4 is 15.8 Å². The molecule has 0 unspecified atom stereocenters. The van der Waals surface area contributed by atoms with E-state index in [0.29, 0.717) is 18.0 Å². The molecule has 0 aliphatic heterocycles. The number of carbonyl (C=O) groups is 1. The first-order valence-corrected chi connectivity index (χ1v) is 5.97. The van der Waals surface area contributed by atoms with Crippen LogP contribution in [0.1, 0.15) is 6.92 Å². The molecule has 0 spiro atoms. The van der Waals surface area contributed by atoms with Crippen LogP contribution in [0.4, 0.5) is 10.5 Å². The molecule has 0 radical (unpaired) electrons. The summed E-state index contributed by atoms with van der Waals surface area (Å²) in [5.41, 5.74) is 5.97. The Morgan fingerprint density at radius 1 is 1.50 bits per heavy atom. The van der Waals surface area contributed by atoms with E-state index >= 15 is 0 Å². The predicted octanol–water partition coefficient (Wildman–Crippen LogP) is 1.84. The lowest BCUT2D eigenvalue weighted by Gasteiger charge is -2.17. The highest BCUT2D eigenvalue weighted by Gasteiger charge is 2.10. The minimum Gasteiger partial charge on any atom is -0.484 e. The third-order valence-electron chi connectivity index (χ3n) is 2.32. The van der Waals surface area contributed by atoms with Gasteiger partial charge in [0.1, 0.15) is 17.3 Å². The van der Waals surface area contributed by atoms with Crippen LogP contribution in [0, 0.1) is 0 Å². The summed E-state index contributed by atoms with van der Waals surface area (Å²) in [5.74, 6) is 0.545. The number of nitrogens with zero attached hydrogens (tertiary/aromatic N) is 1. The smallest absolute Gasteiger partial charge is 0.321 e. The number of carbonyl (C=O) groups excluding carboxylic acids is 1. The first-order chi connectivity index (χ1) is 8.54. The maximum atomic E-state index is 11.7. The van der Waals surface area contributed by atoms with Crippen molar-refractivity contribution in [2.24, 2.45) is 5.73 Å². The van der Waals surface area contributed by atoms with E-state index in [1.807, 2.05) is 19.1 Å². The van der Waals surface area contributed by atoms with E-state index in [0.717, 1.165) is 0 Å². The maximum Gasteiger partial charge on any atom is 0.321 e. The largest absolute Gasteiger partial charge is 0.484 e. The molecule has 0 fully saturated rings. The van der Waals surface area contributed by atoms with E-state index in [1.165, 1.54) is 0 Å². The van der Waals surface area contributed by atoms with Gasteiger partial charge in [0.25, 0.3) is 0 Å². The summed E-state index contributed by atoms with van der Waals surface area (Å²) in [7, 11) is 1.72. The molecule has 1 rings (SSSR count). The van der Waals surface area contributed by atoms with Crippen molar-refractivity contribution in [1.82, 2.24) is 4.90 Å². The van der Waals surface area contributed by atoms with Crippen molar-refractivity contribution in [3.63, 3.8) is 0 Å². The molecule has 0 aromatic heterocycles. The molecular formula is C12H17N3O2S. The Kier molecular flexibility index (Phi) is 5.38. The van der Waals surface area contributed by atoms with Crippen LogP contribution in [0.15, 0.2) is 24.3 Å². The van der Waals surface area contributed by atoms with Crippen molar-refractivity contribution in [2.45, 2.75) is 6.92 Å². The summed E-state index contributed by atoms with van der Waals surface area (Å²) in [6.07, 6.45) is 0. The Morgan fingerprint density at radius 3 is 2.78 bits per heavy atom. The third kappa shape index (κ3) is 4.21. The van der Waals surface area contributed by atoms with Gasteiger partial charge in [-0.3, -0.25) is 0 Å². The van der Waals surface area contributed by atoms with Crippen molar-refractivity contribution < 1.29 is 9.53 Å². The van der Waals surface area contributed by atoms with E-state index in [4.69, 9.17) is 22.7 Å². The average molecular weight is 267 g/mol. The average Bonchev–Trinajstić information content (AvgIpc) is 2.36. The number of para-hydroxylation sites is 2. The number of nitrogens with two attached hydrogens (primary N) is 1. The van der Waals surface area contributed by atoms with Crippen LogP contribution >= 0.6 is 12.2 Å². The first kappa shape index (κ1) is 14.2. The Morgan fingerprint density at radius 2 is 2.17 bits per heavy atom. The molecule has 0 bridgehead atoms. The van der Waals surface area contributed by atoms with Crippen LogP contribution in [0.2, 0.25) is 0 Å². The number of amides is 2. The first-order valence-electron chi connectivity index (χ1n) is 5.56. The fourth-order valence-electron chi connectivity index (χ4n) is 1.20. The molecule has 0 atom stereocenters. The molecule has 98 valence electrons. The molecule has 1 aromatic rings. The van der Waals surface area contributed by atoms with Crippen LogP contribution in [-0.2, 0) is 0 Å². The zero-order valence-electron chi connectivity index (χ0n) is 10.5. The molecule has 0 heterocycles. The number of rotatable bonds is 5. The number of urea groups is 1. The standard InChI is InChI=1S/C12H17N3O2S/c1-3-15(2)12(16)14-9-6-4-5-7-10(9)17-8-11(13)18/h4-7H,3,8H2,1-2H3,(H2,13,18)(H,14,16). The molecule has 18 heavy (non-hydrogen) atoms. The Bertz CT molecular complexity index is 437. The van der Waals surface area contributed by atoms with Gasteiger partial charge in [-0.15, -0.1) is 0 Å². The quantitative estimate of drug-likeness (QED) is 0.799. The molecule has 0 saturated carbocycles. The predicted molar refractivity (Wildman–Crippen MR) is 76.0 cm³/mol. The second kappa shape index (κ2) is 6.80. The molecule has 3 N–H and O–H groups in total. The second-order valence-corrected chi connectivity index (χ2v) is 4.22. The second-order valence-electron chi connectivity index (χ2n) is 3.70. The highest BCUT2D eigenvalue weighted by atomic mass is 32.1. The summed E-state index contributed by atoms with van der Waals surface area (Å²) in [6.45, 7) is 2.67. The van der Waals surface area contributed by atoms with E-state index in [1.54, 1.807) is 24.1 Å². The molecule has 2 amide bonds. The van der Waals surface area contributed by atoms with Crippen molar-refractivity contribution in [3.8, 4) is 5.75 Å². The van der Waals surface area contributed by atoms with Gasteiger partial charge in [0.05, 0.1) is 5.69 Å². The lowest BCUT2D eigenvalue weighted by molar-refractivity contribution is 0.224. The Balaban J connectivity index is 2.75. The summed E-state index contributed by atoms with van der Waals surface area (Å²) < 4.78 is 5.41. The van der Waals surface area contributed by atoms with Gasteiger partial charge < -0.3 is 20.7 Å². The summed E-state index contributed by atoms with van der Waals surface area (Å²) in [5, 5.41) is 2.76. The summed E-state index contributed by atoms with van der Waals surface area (Å²) in [6, 6.07) is 6.95. The topological polar surface area (TPSA) is 67.6 Å². The summed E-state index contributed by atoms with van der Waals surface area (Å²) in [4.78, 5) is 13.6. The normalized spacial score (nSPS) is 9.67. The monoisotopic (exact) mass is 267 g/mol. The van der Waals surface area contributed by atoms with Gasteiger partial charge >= 0.3 is 6.03 Å². The molecule has 1 aromatic carbocycles. The van der Waals surface area contributed by atoms with Crippen molar-refractivity contribution in [2.75, 3.05) is 25.5 Å². The van der Waals surface area contributed by atoms with E-state index < -0.39 is 0 Å². The van der Waals surface area contributed by atoms with Crippen LogP contribution in [0.5, 0.6) is 5.75 Å². The van der Waals surface area contributed by atoms with Gasteiger partial charge in [-0.25, -0.2) is 4.79 Å². The van der Waals surface area contributed by atoms with Gasteiger partial charge in [0.2, 0.25) is 0 Å². The number of anilines is 1. The number of nitrogens with one attached hydrogen (secondary N) is 1. The molecule has 0 aliphatic carbocycles. The van der Waals surface area contributed by atoms with Gasteiger partial charge in [-0.05, 0) is 19.1 Å². The van der Waals surface area contributed by atoms with Gasteiger partial charge in [-0.2, -0.15) is 0 Å².